The van der Waals surface area contributed by atoms with Crippen molar-refractivity contribution in [2.45, 2.75) is 117 Å². The largest absolute Gasteiger partial charge is 0.462 e. The zero-order valence-electron chi connectivity index (χ0n) is 23.7. The van der Waals surface area contributed by atoms with Crippen LogP contribution in [0.3, 0.4) is 0 Å². The highest BCUT2D eigenvalue weighted by molar-refractivity contribution is 6.07. The molecule has 5 rings (SSSR count). The molecule has 0 amide bonds. The van der Waals surface area contributed by atoms with E-state index in [1.165, 1.54) is 20.8 Å². The van der Waals surface area contributed by atoms with Gasteiger partial charge in [-0.1, -0.05) is 27.4 Å². The fraction of sp³-hybridized carbons (Fsp3) is 0.793. The van der Waals surface area contributed by atoms with Crippen LogP contribution in [0.1, 0.15) is 81.1 Å². The topological polar surface area (TPSA) is 114 Å². The van der Waals surface area contributed by atoms with Gasteiger partial charge < -0.3 is 23.7 Å². The highest BCUT2D eigenvalue weighted by atomic mass is 16.8. The highest BCUT2D eigenvalue weighted by Gasteiger charge is 2.86. The maximum atomic E-state index is 14.6. The molecule has 0 unspecified atom stereocenters. The molecule has 9 atom stereocenters. The van der Waals surface area contributed by atoms with E-state index in [4.69, 9.17) is 23.7 Å². The zero-order chi connectivity index (χ0) is 28.2. The van der Waals surface area contributed by atoms with E-state index in [0.717, 1.165) is 6.42 Å². The van der Waals surface area contributed by atoms with Gasteiger partial charge in [-0.2, -0.15) is 0 Å². The Hall–Kier alpha value is -2.26. The van der Waals surface area contributed by atoms with Crippen LogP contribution < -0.4 is 0 Å². The standard InChI is InChI=1S/C29H40O9/c1-14-23(33)29-21(36-17(4)32)12-19-25(5,6)11-10-20(35-16(3)31)27(19,9)22(29)18(34-15(2)30)13-28(14)24(29)37-26(7,8)38-28/h18-22,24H,1,10-13H2,2-9H3/t18-,19+,20+,21+,22+,24-,27-,28+,29-/m0/s1. The molecular weight excluding hydrogens is 492 g/mol. The molecule has 4 saturated carbocycles. The molecule has 9 heteroatoms. The van der Waals surface area contributed by atoms with E-state index in [1.807, 2.05) is 6.92 Å². The van der Waals surface area contributed by atoms with Crippen molar-refractivity contribution in [2.75, 3.05) is 0 Å². The second kappa shape index (κ2) is 8.13. The van der Waals surface area contributed by atoms with E-state index in [-0.39, 0.29) is 29.1 Å². The van der Waals surface area contributed by atoms with Gasteiger partial charge in [-0.25, -0.2) is 0 Å². The number of esters is 3. The number of rotatable bonds is 3. The maximum absolute atomic E-state index is 14.6. The summed E-state index contributed by atoms with van der Waals surface area (Å²) in [7, 11) is 0. The van der Waals surface area contributed by atoms with Gasteiger partial charge in [0.25, 0.3) is 0 Å². The van der Waals surface area contributed by atoms with Gasteiger partial charge in [0.2, 0.25) is 0 Å². The molecule has 5 aliphatic rings. The van der Waals surface area contributed by atoms with E-state index >= 15 is 0 Å². The van der Waals surface area contributed by atoms with Crippen molar-refractivity contribution in [1.29, 1.82) is 0 Å². The number of hydrogen-bond acceptors (Lipinski definition) is 9. The van der Waals surface area contributed by atoms with Gasteiger partial charge in [0.05, 0.1) is 0 Å². The summed E-state index contributed by atoms with van der Waals surface area (Å²) in [5.41, 5.74) is -3.49. The lowest BCUT2D eigenvalue weighted by Crippen LogP contribution is -2.75. The van der Waals surface area contributed by atoms with E-state index in [2.05, 4.69) is 20.4 Å². The highest BCUT2D eigenvalue weighted by Crippen LogP contribution is 2.75. The molecule has 0 aromatic rings. The van der Waals surface area contributed by atoms with E-state index in [9.17, 15) is 19.2 Å². The first-order valence-electron chi connectivity index (χ1n) is 13.6. The van der Waals surface area contributed by atoms with Gasteiger partial charge in [0.1, 0.15) is 35.4 Å². The van der Waals surface area contributed by atoms with E-state index < -0.39 is 70.5 Å². The van der Waals surface area contributed by atoms with Crippen LogP contribution in [0.15, 0.2) is 12.2 Å². The van der Waals surface area contributed by atoms with Crippen LogP contribution in [0.5, 0.6) is 0 Å². The Morgan fingerprint density at radius 1 is 0.921 bits per heavy atom. The molecule has 4 aliphatic carbocycles. The number of fused-ring (bicyclic) bond motifs is 2. The third-order valence-electron chi connectivity index (χ3n) is 10.3. The predicted molar refractivity (Wildman–Crippen MR) is 133 cm³/mol. The second-order valence-electron chi connectivity index (χ2n) is 13.3. The first kappa shape index (κ1) is 27.3. The first-order chi connectivity index (χ1) is 17.4. The first-order valence-corrected chi connectivity index (χ1v) is 13.6. The van der Waals surface area contributed by atoms with Crippen LogP contribution in [-0.4, -0.2) is 59.5 Å². The van der Waals surface area contributed by atoms with Gasteiger partial charge >= 0.3 is 17.9 Å². The van der Waals surface area contributed by atoms with Crippen LogP contribution in [0.25, 0.3) is 0 Å². The van der Waals surface area contributed by atoms with Gasteiger partial charge in [0, 0.05) is 44.1 Å². The summed E-state index contributed by atoms with van der Waals surface area (Å²) in [6.07, 6.45) is -1.12. The van der Waals surface area contributed by atoms with Crippen molar-refractivity contribution in [3.63, 3.8) is 0 Å². The summed E-state index contributed by atoms with van der Waals surface area (Å²) in [5.74, 6) is -3.59. The Balaban J connectivity index is 1.83. The number of ether oxygens (including phenoxy) is 5. The van der Waals surface area contributed by atoms with Crippen LogP contribution in [0.2, 0.25) is 0 Å². The molecule has 0 N–H and O–H groups in total. The summed E-state index contributed by atoms with van der Waals surface area (Å²) in [5, 5.41) is 0. The summed E-state index contributed by atoms with van der Waals surface area (Å²) < 4.78 is 31.1. The fourth-order valence-corrected chi connectivity index (χ4v) is 9.41. The predicted octanol–water partition coefficient (Wildman–Crippen LogP) is 3.66. The van der Waals surface area contributed by atoms with Crippen LogP contribution in [-0.2, 0) is 42.9 Å². The second-order valence-corrected chi connectivity index (χ2v) is 13.3. The van der Waals surface area contributed by atoms with Gasteiger partial charge in [-0.05, 0) is 44.4 Å². The van der Waals surface area contributed by atoms with Crippen molar-refractivity contribution in [3.05, 3.63) is 12.2 Å². The lowest BCUT2D eigenvalue weighted by Gasteiger charge is -2.68. The van der Waals surface area contributed by atoms with Crippen molar-refractivity contribution in [3.8, 4) is 0 Å². The van der Waals surface area contributed by atoms with Crippen LogP contribution in [0, 0.1) is 28.1 Å². The minimum absolute atomic E-state index is 0.129. The van der Waals surface area contributed by atoms with Crippen molar-refractivity contribution in [2.24, 2.45) is 28.1 Å². The Morgan fingerprint density at radius 3 is 2.08 bits per heavy atom. The number of carbonyl (C=O) groups excluding carboxylic acids is 4. The monoisotopic (exact) mass is 532 g/mol. The normalized spacial score (nSPS) is 45.9. The molecule has 1 heterocycles. The molecule has 38 heavy (non-hydrogen) atoms. The number of ketones is 1. The molecule has 0 radical (unpaired) electrons. The quantitative estimate of drug-likeness (QED) is 0.305. The van der Waals surface area contributed by atoms with Gasteiger partial charge in [-0.3, -0.25) is 19.2 Å². The summed E-state index contributed by atoms with van der Waals surface area (Å²) >= 11 is 0. The third-order valence-corrected chi connectivity index (χ3v) is 10.3. The van der Waals surface area contributed by atoms with Gasteiger partial charge in [0.15, 0.2) is 11.6 Å². The van der Waals surface area contributed by atoms with Crippen LogP contribution >= 0.6 is 0 Å². The minimum Gasteiger partial charge on any atom is -0.462 e. The third kappa shape index (κ3) is 3.36. The van der Waals surface area contributed by atoms with Crippen LogP contribution in [0.4, 0.5) is 0 Å². The lowest BCUT2D eigenvalue weighted by molar-refractivity contribution is -0.285. The molecule has 9 nitrogen and oxygen atoms in total. The number of carbonyl (C=O) groups is 4. The Bertz CT molecular complexity index is 1120. The number of hydrogen-bond donors (Lipinski definition) is 0. The minimum atomic E-state index is -1.44. The Kier molecular flexibility index (Phi) is 5.84. The van der Waals surface area contributed by atoms with Crippen molar-refractivity contribution >= 4 is 23.7 Å². The SMILES string of the molecule is C=C1C(=O)[C@]23[C@H]([C@@H](OC(C)=O)C[C@@]14OC(C)(C)O[C@H]24)[C@@]1(C)[C@H](C[C@H]3OC(C)=O)C(C)(C)CC[C@H]1OC(C)=O. The molecule has 0 aromatic heterocycles. The molecule has 1 aliphatic heterocycles. The summed E-state index contributed by atoms with van der Waals surface area (Å²) in [4.78, 5) is 52.0. The molecular formula is C29H40O9. The van der Waals surface area contributed by atoms with Crippen molar-refractivity contribution in [1.82, 2.24) is 0 Å². The Labute approximate surface area is 223 Å². The maximum Gasteiger partial charge on any atom is 0.302 e. The van der Waals surface area contributed by atoms with Crippen molar-refractivity contribution < 1.29 is 42.9 Å². The molecule has 0 aromatic carbocycles. The molecule has 210 valence electrons. The molecule has 2 bridgehead atoms. The average molecular weight is 533 g/mol. The summed E-state index contributed by atoms with van der Waals surface area (Å²) in [6, 6.07) is 0. The van der Waals surface area contributed by atoms with E-state index in [0.29, 0.717) is 12.8 Å². The smallest absolute Gasteiger partial charge is 0.302 e. The fourth-order valence-electron chi connectivity index (χ4n) is 9.41. The number of Topliss-reactive ketones (excluding diaryl/α,β-unsaturated/α-hetero) is 1. The summed E-state index contributed by atoms with van der Waals surface area (Å²) in [6.45, 7) is 18.2. The average Bonchev–Trinajstić information content (AvgIpc) is 3.10. The molecule has 5 fully saturated rings. The Morgan fingerprint density at radius 2 is 1.50 bits per heavy atom. The lowest BCUT2D eigenvalue weighted by atomic mass is 9.38. The van der Waals surface area contributed by atoms with Gasteiger partial charge in [-0.15, -0.1) is 0 Å². The molecule has 1 saturated heterocycles. The zero-order valence-corrected chi connectivity index (χ0v) is 23.7. The molecule has 1 spiro atoms. The van der Waals surface area contributed by atoms with E-state index in [1.54, 1.807) is 13.8 Å².